The summed E-state index contributed by atoms with van der Waals surface area (Å²) in [4.78, 5) is 12.0. The van der Waals surface area contributed by atoms with E-state index in [1.54, 1.807) is 18.2 Å². The number of nitrogen functional groups attached to an aromatic ring is 1. The molecule has 1 amide bonds. The molecule has 1 saturated carbocycles. The normalized spacial score (nSPS) is 23.7. The minimum absolute atomic E-state index is 0.107. The van der Waals surface area contributed by atoms with Gasteiger partial charge in [-0.25, -0.2) is 0 Å². The first kappa shape index (κ1) is 13.4. The van der Waals surface area contributed by atoms with Gasteiger partial charge in [-0.2, -0.15) is 0 Å². The van der Waals surface area contributed by atoms with Crippen molar-refractivity contribution in [3.05, 3.63) is 28.2 Å². The van der Waals surface area contributed by atoms with Crippen LogP contribution in [-0.4, -0.2) is 23.2 Å². The van der Waals surface area contributed by atoms with Gasteiger partial charge in [0.25, 0.3) is 5.91 Å². The molecule has 0 aliphatic heterocycles. The molecule has 0 heterocycles. The molecular weight excluding hydrogens is 296 g/mol. The number of aliphatic hydroxyl groups excluding tert-OH is 1. The van der Waals surface area contributed by atoms with Crippen LogP contribution in [-0.2, 0) is 0 Å². The van der Waals surface area contributed by atoms with Gasteiger partial charge in [-0.05, 0) is 43.9 Å². The van der Waals surface area contributed by atoms with Crippen LogP contribution in [0.15, 0.2) is 22.7 Å². The van der Waals surface area contributed by atoms with Gasteiger partial charge in [0.15, 0.2) is 0 Å². The second-order valence-electron chi connectivity index (χ2n) is 4.75. The summed E-state index contributed by atoms with van der Waals surface area (Å²) in [6.07, 6.45) is 2.96. The van der Waals surface area contributed by atoms with Gasteiger partial charge in [-0.3, -0.25) is 4.79 Å². The predicted octanol–water partition coefficient (Wildman–Crippen LogP) is 2.06. The highest BCUT2D eigenvalue weighted by molar-refractivity contribution is 9.10. The molecule has 1 aromatic carbocycles. The third kappa shape index (κ3) is 3.46. The number of nitrogens with one attached hydrogen (secondary N) is 1. The number of hydrogen-bond acceptors (Lipinski definition) is 3. The van der Waals surface area contributed by atoms with Gasteiger partial charge in [0.05, 0.1) is 6.10 Å². The van der Waals surface area contributed by atoms with E-state index in [9.17, 15) is 9.90 Å². The fraction of sp³-hybridized carbons (Fsp3) is 0.462. The van der Waals surface area contributed by atoms with Crippen molar-refractivity contribution in [2.45, 2.75) is 37.8 Å². The summed E-state index contributed by atoms with van der Waals surface area (Å²) in [6, 6.07) is 5.33. The first-order valence-electron chi connectivity index (χ1n) is 6.09. The van der Waals surface area contributed by atoms with Crippen LogP contribution in [0.3, 0.4) is 0 Å². The molecule has 4 nitrogen and oxygen atoms in total. The molecule has 98 valence electrons. The summed E-state index contributed by atoms with van der Waals surface area (Å²) in [5.41, 5.74) is 6.83. The molecule has 1 aromatic rings. The van der Waals surface area contributed by atoms with Gasteiger partial charge < -0.3 is 16.2 Å². The van der Waals surface area contributed by atoms with Crippen molar-refractivity contribution >= 4 is 27.5 Å². The van der Waals surface area contributed by atoms with E-state index in [1.165, 1.54) is 0 Å². The van der Waals surface area contributed by atoms with Crippen LogP contribution < -0.4 is 11.1 Å². The Morgan fingerprint density at radius 3 is 2.56 bits per heavy atom. The summed E-state index contributed by atoms with van der Waals surface area (Å²) >= 11 is 3.32. The van der Waals surface area contributed by atoms with Crippen molar-refractivity contribution in [1.82, 2.24) is 5.32 Å². The number of nitrogens with two attached hydrogens (primary N) is 1. The maximum atomic E-state index is 12.0. The van der Waals surface area contributed by atoms with Crippen molar-refractivity contribution in [3.8, 4) is 0 Å². The Morgan fingerprint density at radius 1 is 1.28 bits per heavy atom. The SMILES string of the molecule is Nc1cc(Br)cc(C(=O)NC2CCC(O)CC2)c1. The molecule has 1 aliphatic carbocycles. The first-order chi connectivity index (χ1) is 8.54. The number of carbonyl (C=O) groups is 1. The van der Waals surface area contributed by atoms with Gasteiger partial charge in [0, 0.05) is 21.8 Å². The van der Waals surface area contributed by atoms with Gasteiger partial charge in [0.1, 0.15) is 0 Å². The molecule has 18 heavy (non-hydrogen) atoms. The molecule has 1 aliphatic rings. The number of amides is 1. The molecule has 5 heteroatoms. The summed E-state index contributed by atoms with van der Waals surface area (Å²) in [5.74, 6) is -0.107. The fourth-order valence-corrected chi connectivity index (χ4v) is 2.74. The van der Waals surface area contributed by atoms with E-state index in [4.69, 9.17) is 5.73 Å². The second kappa shape index (κ2) is 5.71. The molecule has 0 radical (unpaired) electrons. The number of benzene rings is 1. The zero-order valence-corrected chi connectivity index (χ0v) is 11.6. The third-order valence-corrected chi connectivity index (χ3v) is 3.67. The highest BCUT2D eigenvalue weighted by atomic mass is 79.9. The minimum Gasteiger partial charge on any atom is -0.399 e. The lowest BCUT2D eigenvalue weighted by molar-refractivity contribution is 0.0867. The zero-order valence-electron chi connectivity index (χ0n) is 10.0. The van der Waals surface area contributed by atoms with E-state index in [1.807, 2.05) is 0 Å². The summed E-state index contributed by atoms with van der Waals surface area (Å²) in [6.45, 7) is 0. The number of rotatable bonds is 2. The fourth-order valence-electron chi connectivity index (χ4n) is 2.23. The van der Waals surface area contributed by atoms with Crippen LogP contribution >= 0.6 is 15.9 Å². The number of carbonyl (C=O) groups excluding carboxylic acids is 1. The largest absolute Gasteiger partial charge is 0.399 e. The van der Waals surface area contributed by atoms with Crippen molar-refractivity contribution in [1.29, 1.82) is 0 Å². The van der Waals surface area contributed by atoms with Gasteiger partial charge in [-0.15, -0.1) is 0 Å². The molecule has 2 rings (SSSR count). The van der Waals surface area contributed by atoms with E-state index in [0.717, 1.165) is 30.2 Å². The van der Waals surface area contributed by atoms with Gasteiger partial charge in [-0.1, -0.05) is 15.9 Å². The quantitative estimate of drug-likeness (QED) is 0.732. The Hall–Kier alpha value is -1.07. The lowest BCUT2D eigenvalue weighted by Crippen LogP contribution is -2.38. The second-order valence-corrected chi connectivity index (χ2v) is 5.67. The van der Waals surface area contributed by atoms with E-state index < -0.39 is 0 Å². The molecule has 0 unspecified atom stereocenters. The molecule has 4 N–H and O–H groups in total. The lowest BCUT2D eigenvalue weighted by Gasteiger charge is -2.26. The topological polar surface area (TPSA) is 75.4 Å². The Balaban J connectivity index is 1.99. The van der Waals surface area contributed by atoms with E-state index in [-0.39, 0.29) is 18.1 Å². The Morgan fingerprint density at radius 2 is 1.94 bits per heavy atom. The Kier molecular flexibility index (Phi) is 4.24. The average molecular weight is 313 g/mol. The van der Waals surface area contributed by atoms with Gasteiger partial charge in [0.2, 0.25) is 0 Å². The molecule has 0 bridgehead atoms. The van der Waals surface area contributed by atoms with E-state index >= 15 is 0 Å². The first-order valence-corrected chi connectivity index (χ1v) is 6.89. The monoisotopic (exact) mass is 312 g/mol. The molecule has 0 saturated heterocycles. The number of halogens is 1. The molecular formula is C13H17BrN2O2. The molecule has 0 atom stereocenters. The number of hydrogen-bond donors (Lipinski definition) is 3. The maximum absolute atomic E-state index is 12.0. The van der Waals surface area contributed by atoms with Crippen molar-refractivity contribution < 1.29 is 9.90 Å². The van der Waals surface area contributed by atoms with Crippen LogP contribution in [0.25, 0.3) is 0 Å². The van der Waals surface area contributed by atoms with Crippen LogP contribution in [0.5, 0.6) is 0 Å². The summed E-state index contributed by atoms with van der Waals surface area (Å²) in [7, 11) is 0. The van der Waals surface area contributed by atoms with Gasteiger partial charge >= 0.3 is 0 Å². The zero-order chi connectivity index (χ0) is 13.1. The molecule has 1 fully saturated rings. The Labute approximate surface area is 115 Å². The Bertz CT molecular complexity index is 422. The number of aliphatic hydroxyl groups is 1. The highest BCUT2D eigenvalue weighted by Gasteiger charge is 2.21. The minimum atomic E-state index is -0.209. The van der Waals surface area contributed by atoms with Crippen LogP contribution in [0.1, 0.15) is 36.0 Å². The van der Waals surface area contributed by atoms with Crippen LogP contribution in [0, 0.1) is 0 Å². The van der Waals surface area contributed by atoms with Crippen molar-refractivity contribution in [2.24, 2.45) is 0 Å². The maximum Gasteiger partial charge on any atom is 0.251 e. The number of anilines is 1. The third-order valence-electron chi connectivity index (χ3n) is 3.21. The predicted molar refractivity (Wildman–Crippen MR) is 74.3 cm³/mol. The van der Waals surface area contributed by atoms with Crippen LogP contribution in [0.2, 0.25) is 0 Å². The smallest absolute Gasteiger partial charge is 0.251 e. The summed E-state index contributed by atoms with van der Waals surface area (Å²) in [5, 5.41) is 12.4. The van der Waals surface area contributed by atoms with E-state index in [2.05, 4.69) is 21.2 Å². The standard InChI is InChI=1S/C13H17BrN2O2/c14-9-5-8(6-10(15)7-9)13(18)16-11-1-3-12(17)4-2-11/h5-7,11-12,17H,1-4,15H2,(H,16,18). The molecule has 0 spiro atoms. The summed E-state index contributed by atoms with van der Waals surface area (Å²) < 4.78 is 0.798. The highest BCUT2D eigenvalue weighted by Crippen LogP contribution is 2.20. The van der Waals surface area contributed by atoms with Crippen molar-refractivity contribution in [2.75, 3.05) is 5.73 Å². The van der Waals surface area contributed by atoms with Crippen LogP contribution in [0.4, 0.5) is 5.69 Å². The molecule has 0 aromatic heterocycles. The van der Waals surface area contributed by atoms with E-state index in [0.29, 0.717) is 11.3 Å². The van der Waals surface area contributed by atoms with Crippen molar-refractivity contribution in [3.63, 3.8) is 0 Å². The average Bonchev–Trinajstić information content (AvgIpc) is 2.31. The lowest BCUT2D eigenvalue weighted by atomic mass is 9.93.